The predicted octanol–water partition coefficient (Wildman–Crippen LogP) is 2.26. The number of hydrogen-bond acceptors (Lipinski definition) is 4. The molecular formula is C13H17NO3S2. The molecule has 0 aliphatic carbocycles. The number of amides is 1. The van der Waals surface area contributed by atoms with Crippen molar-refractivity contribution >= 4 is 27.1 Å². The van der Waals surface area contributed by atoms with E-state index < -0.39 is 9.84 Å². The van der Waals surface area contributed by atoms with Crippen LogP contribution >= 0.6 is 11.3 Å². The van der Waals surface area contributed by atoms with E-state index in [1.165, 1.54) is 5.41 Å². The molecule has 1 aromatic rings. The summed E-state index contributed by atoms with van der Waals surface area (Å²) in [5.41, 5.74) is 0. The highest BCUT2D eigenvalue weighted by Crippen LogP contribution is 2.23. The van der Waals surface area contributed by atoms with E-state index in [0.717, 1.165) is 11.3 Å². The maximum absolute atomic E-state index is 11.9. The summed E-state index contributed by atoms with van der Waals surface area (Å²) in [6.45, 7) is 2.02. The Morgan fingerprint density at radius 2 is 2.37 bits per heavy atom. The van der Waals surface area contributed by atoms with Gasteiger partial charge in [0.25, 0.3) is 0 Å². The second-order valence-electron chi connectivity index (χ2n) is 4.67. The maximum atomic E-state index is 11.9. The minimum Gasteiger partial charge on any atom is -0.348 e. The first-order valence-corrected chi connectivity index (χ1v) is 8.83. The zero-order chi connectivity index (χ0) is 13.9. The Morgan fingerprint density at radius 1 is 1.58 bits per heavy atom. The number of carbonyl (C=O) groups excluding carboxylic acids is 1. The quantitative estimate of drug-likeness (QED) is 0.907. The minimum atomic E-state index is -3.08. The highest BCUT2D eigenvalue weighted by molar-refractivity contribution is 7.94. The second-order valence-corrected chi connectivity index (χ2v) is 7.58. The van der Waals surface area contributed by atoms with Crippen LogP contribution in [0.3, 0.4) is 0 Å². The van der Waals surface area contributed by atoms with Gasteiger partial charge in [-0.25, -0.2) is 8.42 Å². The summed E-state index contributed by atoms with van der Waals surface area (Å²) in [4.78, 5) is 13.1. The number of carbonyl (C=O) groups is 1. The van der Waals surface area contributed by atoms with Crippen molar-refractivity contribution in [1.29, 1.82) is 0 Å². The number of hydrogen-bond donors (Lipinski definition) is 1. The number of sulfone groups is 1. The molecule has 19 heavy (non-hydrogen) atoms. The van der Waals surface area contributed by atoms with Gasteiger partial charge in [0.05, 0.1) is 11.8 Å². The SMILES string of the molecule is CC[C@H](NC(=O)C[C@H]1C=CS(=O)(=O)C1)c1cccs1. The molecule has 0 saturated carbocycles. The van der Waals surface area contributed by atoms with Crippen LogP contribution in [0.1, 0.15) is 30.7 Å². The van der Waals surface area contributed by atoms with Crippen molar-refractivity contribution in [1.82, 2.24) is 5.32 Å². The number of rotatable bonds is 5. The number of allylic oxidation sites excluding steroid dienone is 1. The van der Waals surface area contributed by atoms with Gasteiger partial charge in [0.2, 0.25) is 5.91 Å². The molecule has 1 N–H and O–H groups in total. The molecule has 0 spiro atoms. The number of thiophene rings is 1. The second kappa shape index (κ2) is 5.88. The largest absolute Gasteiger partial charge is 0.348 e. The number of nitrogens with one attached hydrogen (secondary N) is 1. The Hall–Kier alpha value is -1.14. The fourth-order valence-corrected chi connectivity index (χ4v) is 4.38. The van der Waals surface area contributed by atoms with Crippen LogP contribution in [0, 0.1) is 5.92 Å². The summed E-state index contributed by atoms with van der Waals surface area (Å²) >= 11 is 1.62. The molecule has 6 heteroatoms. The molecule has 0 saturated heterocycles. The van der Waals surface area contributed by atoms with Gasteiger partial charge in [-0.2, -0.15) is 0 Å². The molecule has 0 aromatic carbocycles. The molecule has 4 nitrogen and oxygen atoms in total. The van der Waals surface area contributed by atoms with Crippen LogP contribution in [0.5, 0.6) is 0 Å². The van der Waals surface area contributed by atoms with Gasteiger partial charge in [-0.3, -0.25) is 4.79 Å². The molecule has 1 aromatic heterocycles. The molecular weight excluding hydrogens is 282 g/mol. The van der Waals surface area contributed by atoms with E-state index in [4.69, 9.17) is 0 Å². The first kappa shape index (κ1) is 14.3. The Balaban J connectivity index is 1.89. The highest BCUT2D eigenvalue weighted by atomic mass is 32.2. The van der Waals surface area contributed by atoms with Gasteiger partial charge in [0.1, 0.15) is 0 Å². The summed E-state index contributed by atoms with van der Waals surface area (Å²) in [6, 6.07) is 3.98. The molecule has 104 valence electrons. The van der Waals surface area contributed by atoms with E-state index >= 15 is 0 Å². The van der Waals surface area contributed by atoms with E-state index in [0.29, 0.717) is 0 Å². The van der Waals surface area contributed by atoms with Crippen molar-refractivity contribution in [2.24, 2.45) is 5.92 Å². The third-order valence-corrected chi connectivity index (χ3v) is 5.53. The van der Waals surface area contributed by atoms with Crippen molar-refractivity contribution in [2.75, 3.05) is 5.75 Å². The van der Waals surface area contributed by atoms with E-state index in [1.807, 2.05) is 24.4 Å². The molecule has 0 bridgehead atoms. The molecule has 1 aliphatic heterocycles. The zero-order valence-corrected chi connectivity index (χ0v) is 12.3. The van der Waals surface area contributed by atoms with Crippen LogP contribution in [-0.2, 0) is 14.6 Å². The lowest BCUT2D eigenvalue weighted by atomic mass is 10.1. The van der Waals surface area contributed by atoms with Crippen LogP contribution in [0.2, 0.25) is 0 Å². The maximum Gasteiger partial charge on any atom is 0.221 e. The van der Waals surface area contributed by atoms with Crippen LogP contribution in [0.4, 0.5) is 0 Å². The highest BCUT2D eigenvalue weighted by Gasteiger charge is 2.24. The van der Waals surface area contributed by atoms with Crippen LogP contribution in [0.25, 0.3) is 0 Å². The van der Waals surface area contributed by atoms with E-state index in [1.54, 1.807) is 17.4 Å². The first-order valence-electron chi connectivity index (χ1n) is 6.24. The van der Waals surface area contributed by atoms with E-state index in [2.05, 4.69) is 5.32 Å². The Morgan fingerprint density at radius 3 is 2.89 bits per heavy atom. The lowest BCUT2D eigenvalue weighted by Crippen LogP contribution is -2.29. The summed E-state index contributed by atoms with van der Waals surface area (Å²) in [5, 5.41) is 6.16. The van der Waals surface area contributed by atoms with Crippen LogP contribution in [-0.4, -0.2) is 20.1 Å². The summed E-state index contributed by atoms with van der Waals surface area (Å²) in [6.07, 6.45) is 2.67. The van der Waals surface area contributed by atoms with Gasteiger partial charge in [-0.1, -0.05) is 19.1 Å². The molecule has 0 fully saturated rings. The zero-order valence-electron chi connectivity index (χ0n) is 10.7. The summed E-state index contributed by atoms with van der Waals surface area (Å²) in [7, 11) is -3.08. The fraction of sp³-hybridized carbons (Fsp3) is 0.462. The third kappa shape index (κ3) is 3.91. The molecule has 0 radical (unpaired) electrons. The van der Waals surface area contributed by atoms with Gasteiger partial charge < -0.3 is 5.32 Å². The Bertz CT molecular complexity index is 561. The minimum absolute atomic E-state index is 0.0227. The van der Waals surface area contributed by atoms with Crippen LogP contribution in [0.15, 0.2) is 29.0 Å². The predicted molar refractivity (Wildman–Crippen MR) is 76.5 cm³/mol. The third-order valence-electron chi connectivity index (χ3n) is 3.08. The van der Waals surface area contributed by atoms with Crippen molar-refractivity contribution in [3.05, 3.63) is 33.9 Å². The topological polar surface area (TPSA) is 63.2 Å². The van der Waals surface area contributed by atoms with E-state index in [-0.39, 0.29) is 30.0 Å². The Labute approximate surface area is 117 Å². The van der Waals surface area contributed by atoms with Gasteiger partial charge >= 0.3 is 0 Å². The van der Waals surface area contributed by atoms with Gasteiger partial charge in [-0.15, -0.1) is 11.3 Å². The van der Waals surface area contributed by atoms with Gasteiger partial charge in [0, 0.05) is 22.6 Å². The van der Waals surface area contributed by atoms with Crippen molar-refractivity contribution < 1.29 is 13.2 Å². The Kier molecular flexibility index (Phi) is 4.42. The van der Waals surface area contributed by atoms with Crippen molar-refractivity contribution in [3.63, 3.8) is 0 Å². The van der Waals surface area contributed by atoms with Crippen molar-refractivity contribution in [2.45, 2.75) is 25.8 Å². The fourth-order valence-electron chi connectivity index (χ4n) is 2.12. The summed E-state index contributed by atoms with van der Waals surface area (Å²) in [5.74, 6) is -0.228. The first-order chi connectivity index (χ1) is 9.00. The monoisotopic (exact) mass is 299 g/mol. The van der Waals surface area contributed by atoms with Gasteiger partial charge in [-0.05, 0) is 17.9 Å². The lowest BCUT2D eigenvalue weighted by molar-refractivity contribution is -0.122. The molecule has 1 aliphatic rings. The molecule has 2 rings (SSSR count). The average molecular weight is 299 g/mol. The average Bonchev–Trinajstić information content (AvgIpc) is 2.96. The normalized spacial score (nSPS) is 22.3. The standard InChI is InChI=1S/C13H17NO3S2/c1-2-11(12-4-3-6-18-12)14-13(15)8-10-5-7-19(16,17)9-10/h3-7,10-11H,2,8-9H2,1H3,(H,14,15)/t10-,11+/m1/s1. The summed E-state index contributed by atoms with van der Waals surface area (Å²) < 4.78 is 22.5. The molecule has 2 heterocycles. The van der Waals surface area contributed by atoms with E-state index in [9.17, 15) is 13.2 Å². The van der Waals surface area contributed by atoms with Crippen LogP contribution < -0.4 is 5.32 Å². The molecule has 1 amide bonds. The smallest absolute Gasteiger partial charge is 0.221 e. The van der Waals surface area contributed by atoms with Gasteiger partial charge in [0.15, 0.2) is 9.84 Å². The van der Waals surface area contributed by atoms with Crippen molar-refractivity contribution in [3.8, 4) is 0 Å². The molecule has 0 unspecified atom stereocenters. The lowest BCUT2D eigenvalue weighted by Gasteiger charge is -2.16. The molecule has 2 atom stereocenters.